The lowest BCUT2D eigenvalue weighted by Crippen LogP contribution is -2.28. The molecule has 0 aromatic heterocycles. The fourth-order valence-corrected chi connectivity index (χ4v) is 3.84. The van der Waals surface area contributed by atoms with E-state index < -0.39 is 5.97 Å². The molecule has 1 aliphatic rings. The van der Waals surface area contributed by atoms with Gasteiger partial charge in [-0.1, -0.05) is 24.3 Å². The molecule has 29 heavy (non-hydrogen) atoms. The van der Waals surface area contributed by atoms with Crippen molar-refractivity contribution in [3.05, 3.63) is 64.6 Å². The maximum absolute atomic E-state index is 12.9. The van der Waals surface area contributed by atoms with Crippen molar-refractivity contribution < 1.29 is 19.4 Å². The molecule has 2 aromatic rings. The lowest BCUT2D eigenvalue weighted by Gasteiger charge is -2.13. The molecule has 1 aliphatic heterocycles. The second-order valence-corrected chi connectivity index (χ2v) is 7.62. The third kappa shape index (κ3) is 4.86. The predicted molar refractivity (Wildman–Crippen MR) is 116 cm³/mol. The topological polar surface area (TPSA) is 79.2 Å². The van der Waals surface area contributed by atoms with Crippen molar-refractivity contribution in [3.8, 4) is 5.75 Å². The molecule has 0 atom stereocenters. The first-order valence-corrected chi connectivity index (χ1v) is 10.1. The molecule has 0 bridgehead atoms. The summed E-state index contributed by atoms with van der Waals surface area (Å²) in [7, 11) is 0. The average molecular weight is 410 g/mol. The Bertz CT molecular complexity index is 998. The maximum atomic E-state index is 12.9. The van der Waals surface area contributed by atoms with Crippen molar-refractivity contribution in [1.29, 1.82) is 0 Å². The Hall–Kier alpha value is -3.06. The molecule has 0 aliphatic carbocycles. The van der Waals surface area contributed by atoms with E-state index in [9.17, 15) is 9.59 Å². The summed E-state index contributed by atoms with van der Waals surface area (Å²) in [5, 5.41) is 9.69. The van der Waals surface area contributed by atoms with E-state index in [1.165, 1.54) is 23.9 Å². The first-order valence-electron chi connectivity index (χ1n) is 9.28. The highest BCUT2D eigenvalue weighted by Gasteiger charge is 2.32. The van der Waals surface area contributed by atoms with Gasteiger partial charge in [-0.3, -0.25) is 9.69 Å². The lowest BCUT2D eigenvalue weighted by atomic mass is 10.2. The summed E-state index contributed by atoms with van der Waals surface area (Å²) in [4.78, 5) is 30.7. The van der Waals surface area contributed by atoms with E-state index in [0.29, 0.717) is 28.1 Å². The van der Waals surface area contributed by atoms with Gasteiger partial charge in [0.2, 0.25) is 0 Å². The second-order valence-electron chi connectivity index (χ2n) is 6.61. The van der Waals surface area contributed by atoms with Crippen LogP contribution in [0, 0.1) is 0 Å². The summed E-state index contributed by atoms with van der Waals surface area (Å²) in [6.07, 6.45) is 1.83. The Morgan fingerprint density at radius 1 is 1.24 bits per heavy atom. The van der Waals surface area contributed by atoms with Crippen LogP contribution in [0.4, 0.5) is 5.69 Å². The van der Waals surface area contributed by atoms with Crippen molar-refractivity contribution in [2.24, 2.45) is 4.99 Å². The van der Waals surface area contributed by atoms with Crippen LogP contribution in [0.1, 0.15) is 36.7 Å². The molecule has 7 heteroatoms. The number of hydrogen-bond acceptors (Lipinski definition) is 5. The highest BCUT2D eigenvalue weighted by molar-refractivity contribution is 8.18. The van der Waals surface area contributed by atoms with Gasteiger partial charge in [0, 0.05) is 12.1 Å². The zero-order valence-corrected chi connectivity index (χ0v) is 17.3. The van der Waals surface area contributed by atoms with Crippen molar-refractivity contribution in [1.82, 2.24) is 4.90 Å². The number of amides is 1. The van der Waals surface area contributed by atoms with Gasteiger partial charge in [0.1, 0.15) is 5.75 Å². The molecular weight excluding hydrogens is 388 g/mol. The number of hydrogen-bond donors (Lipinski definition) is 1. The summed E-state index contributed by atoms with van der Waals surface area (Å²) in [6.45, 7) is 6.24. The van der Waals surface area contributed by atoms with Gasteiger partial charge in [0.05, 0.1) is 22.3 Å². The molecule has 3 rings (SSSR count). The molecule has 1 amide bonds. The second kappa shape index (κ2) is 8.96. The van der Waals surface area contributed by atoms with E-state index in [1.54, 1.807) is 17.0 Å². The number of rotatable bonds is 6. The standard InChI is InChI=1S/C22H22N2O4S/c1-4-24-20(25)19(13-15-8-5-6-11-18(15)28-14(2)3)29-22(24)23-17-10-7-9-16(12-17)21(26)27/h5-14H,4H2,1-3H3,(H,26,27)/b19-13+,23-22?. The fourth-order valence-electron chi connectivity index (χ4n) is 2.79. The lowest BCUT2D eigenvalue weighted by molar-refractivity contribution is -0.122. The number of carbonyl (C=O) groups excluding carboxylic acids is 1. The number of para-hydroxylation sites is 1. The SMILES string of the molecule is CCN1C(=O)/C(=C\c2ccccc2OC(C)C)SC1=Nc1cccc(C(=O)O)c1. The minimum Gasteiger partial charge on any atom is -0.490 e. The van der Waals surface area contributed by atoms with E-state index in [4.69, 9.17) is 9.84 Å². The summed E-state index contributed by atoms with van der Waals surface area (Å²) >= 11 is 1.27. The maximum Gasteiger partial charge on any atom is 0.335 e. The van der Waals surface area contributed by atoms with Crippen LogP contribution in [-0.4, -0.2) is 39.7 Å². The first kappa shape index (κ1) is 20.7. The summed E-state index contributed by atoms with van der Waals surface area (Å²) in [5.74, 6) is -0.437. The predicted octanol–water partition coefficient (Wildman–Crippen LogP) is 4.80. The van der Waals surface area contributed by atoms with Gasteiger partial charge in [0.15, 0.2) is 5.17 Å². The van der Waals surface area contributed by atoms with Crippen LogP contribution in [0.15, 0.2) is 58.4 Å². The number of amidine groups is 1. The quantitative estimate of drug-likeness (QED) is 0.692. The number of benzene rings is 2. The minimum atomic E-state index is -1.02. The van der Waals surface area contributed by atoms with Gasteiger partial charge in [-0.25, -0.2) is 9.79 Å². The summed E-state index contributed by atoms with van der Waals surface area (Å²) in [6, 6.07) is 13.9. The molecule has 6 nitrogen and oxygen atoms in total. The molecule has 0 spiro atoms. The zero-order valence-electron chi connectivity index (χ0n) is 16.5. The zero-order chi connectivity index (χ0) is 21.0. The molecule has 1 saturated heterocycles. The molecule has 2 aromatic carbocycles. The molecule has 1 fully saturated rings. The average Bonchev–Trinajstić information content (AvgIpc) is 2.97. The Kier molecular flexibility index (Phi) is 6.39. The van der Waals surface area contributed by atoms with Crippen LogP contribution in [0.25, 0.3) is 6.08 Å². The molecular formula is C22H22N2O4S. The largest absolute Gasteiger partial charge is 0.490 e. The first-order chi connectivity index (χ1) is 13.9. The molecule has 0 saturated carbocycles. The summed E-state index contributed by atoms with van der Waals surface area (Å²) in [5.41, 5.74) is 1.46. The van der Waals surface area contributed by atoms with Crippen LogP contribution in [0.2, 0.25) is 0 Å². The van der Waals surface area contributed by atoms with E-state index in [1.807, 2.05) is 51.1 Å². The number of nitrogens with zero attached hydrogens (tertiary/aromatic N) is 2. The number of carboxylic acids is 1. The van der Waals surface area contributed by atoms with E-state index in [2.05, 4.69) is 4.99 Å². The van der Waals surface area contributed by atoms with Gasteiger partial charge in [-0.15, -0.1) is 0 Å². The van der Waals surface area contributed by atoms with Crippen LogP contribution < -0.4 is 4.74 Å². The van der Waals surface area contributed by atoms with Crippen LogP contribution in [0.5, 0.6) is 5.75 Å². The van der Waals surface area contributed by atoms with Gasteiger partial charge in [0.25, 0.3) is 5.91 Å². The monoisotopic (exact) mass is 410 g/mol. The van der Waals surface area contributed by atoms with Gasteiger partial charge < -0.3 is 9.84 Å². The van der Waals surface area contributed by atoms with Gasteiger partial charge in [-0.2, -0.15) is 0 Å². The Balaban J connectivity index is 1.95. The number of aromatic carboxylic acids is 1. The summed E-state index contributed by atoms with van der Waals surface area (Å²) < 4.78 is 5.84. The Labute approximate surface area is 173 Å². The number of ether oxygens (including phenoxy) is 1. The highest BCUT2D eigenvalue weighted by atomic mass is 32.2. The normalized spacial score (nSPS) is 16.8. The fraction of sp³-hybridized carbons (Fsp3) is 0.227. The third-order valence-corrected chi connectivity index (χ3v) is 5.10. The van der Waals surface area contributed by atoms with Crippen molar-refractivity contribution in [2.75, 3.05) is 6.54 Å². The Morgan fingerprint density at radius 2 is 2.00 bits per heavy atom. The highest BCUT2D eigenvalue weighted by Crippen LogP contribution is 2.35. The van der Waals surface area contributed by atoms with Crippen molar-refractivity contribution >= 4 is 40.6 Å². The van der Waals surface area contributed by atoms with Crippen LogP contribution >= 0.6 is 11.8 Å². The van der Waals surface area contributed by atoms with E-state index in [-0.39, 0.29) is 17.6 Å². The minimum absolute atomic E-state index is 0.0206. The third-order valence-electron chi connectivity index (χ3n) is 4.09. The molecule has 0 radical (unpaired) electrons. The van der Waals surface area contributed by atoms with Crippen LogP contribution in [-0.2, 0) is 4.79 Å². The van der Waals surface area contributed by atoms with Crippen LogP contribution in [0.3, 0.4) is 0 Å². The molecule has 1 heterocycles. The van der Waals surface area contributed by atoms with Gasteiger partial charge in [-0.05, 0) is 62.9 Å². The van der Waals surface area contributed by atoms with E-state index >= 15 is 0 Å². The number of likely N-dealkylation sites (N-methyl/N-ethyl adjacent to an activating group) is 1. The van der Waals surface area contributed by atoms with E-state index in [0.717, 1.165) is 5.56 Å². The smallest absolute Gasteiger partial charge is 0.335 e. The van der Waals surface area contributed by atoms with Crippen molar-refractivity contribution in [2.45, 2.75) is 26.9 Å². The molecule has 150 valence electrons. The number of thioether (sulfide) groups is 1. The number of carbonyl (C=O) groups is 2. The molecule has 1 N–H and O–H groups in total. The number of aliphatic imine (C=N–C) groups is 1. The Morgan fingerprint density at radius 3 is 2.69 bits per heavy atom. The number of carboxylic acid groups (broad SMARTS) is 1. The molecule has 0 unspecified atom stereocenters. The van der Waals surface area contributed by atoms with Gasteiger partial charge >= 0.3 is 5.97 Å². The van der Waals surface area contributed by atoms with Crippen molar-refractivity contribution in [3.63, 3.8) is 0 Å².